The van der Waals surface area contributed by atoms with Gasteiger partial charge in [0.1, 0.15) is 13.2 Å². The summed E-state index contributed by atoms with van der Waals surface area (Å²) < 4.78 is 16.7. The van der Waals surface area contributed by atoms with E-state index in [0.29, 0.717) is 19.3 Å². The van der Waals surface area contributed by atoms with E-state index in [9.17, 15) is 14.4 Å². The smallest absolute Gasteiger partial charge is 0.306 e. The molecule has 0 N–H and O–H groups in total. The van der Waals surface area contributed by atoms with Crippen molar-refractivity contribution in [1.29, 1.82) is 0 Å². The minimum Gasteiger partial charge on any atom is -0.462 e. The predicted molar refractivity (Wildman–Crippen MR) is 247 cm³/mol. The van der Waals surface area contributed by atoms with Crippen LogP contribution in [0.2, 0.25) is 0 Å². The molecule has 0 heterocycles. The van der Waals surface area contributed by atoms with Crippen molar-refractivity contribution in [2.45, 2.75) is 252 Å². The van der Waals surface area contributed by atoms with E-state index in [0.717, 1.165) is 64.2 Å². The van der Waals surface area contributed by atoms with Crippen molar-refractivity contribution in [2.24, 2.45) is 0 Å². The third kappa shape index (κ3) is 44.5. The molecular formula is C52H92O6. The summed E-state index contributed by atoms with van der Waals surface area (Å²) in [5.41, 5.74) is 0. The standard InChI is InChI=1S/C52H92O6/c1-4-7-10-13-16-19-22-25-28-30-33-36-39-42-45-51(54)57-48-49(58-52(55)46-43-40-37-34-31-27-24-21-18-15-12-9-6-3)47-56-50(53)44-41-38-35-32-29-26-23-20-17-14-11-8-5-2/h9,12,18,21,27,31,37,40,49H,4-8,10-11,13-17,19-20,22-26,28-30,32-36,38-39,41-48H2,1-3H3/b12-9-,21-18-,31-27-,40-37-. The van der Waals surface area contributed by atoms with E-state index in [1.807, 2.05) is 12.2 Å². The maximum atomic E-state index is 12.7. The Balaban J connectivity index is 4.44. The average Bonchev–Trinajstić information content (AvgIpc) is 3.22. The van der Waals surface area contributed by atoms with Crippen LogP contribution in [0.4, 0.5) is 0 Å². The van der Waals surface area contributed by atoms with Gasteiger partial charge in [0, 0.05) is 19.3 Å². The van der Waals surface area contributed by atoms with Crippen molar-refractivity contribution < 1.29 is 28.6 Å². The Bertz CT molecular complexity index is 1030. The topological polar surface area (TPSA) is 78.9 Å². The second-order valence-corrected chi connectivity index (χ2v) is 16.4. The monoisotopic (exact) mass is 813 g/mol. The van der Waals surface area contributed by atoms with Crippen LogP contribution in [-0.4, -0.2) is 37.2 Å². The molecule has 58 heavy (non-hydrogen) atoms. The Morgan fingerprint density at radius 3 is 1.02 bits per heavy atom. The van der Waals surface area contributed by atoms with E-state index in [1.165, 1.54) is 135 Å². The van der Waals surface area contributed by atoms with Gasteiger partial charge in [0.05, 0.1) is 0 Å². The number of esters is 3. The summed E-state index contributed by atoms with van der Waals surface area (Å²) in [4.78, 5) is 37.8. The van der Waals surface area contributed by atoms with Gasteiger partial charge < -0.3 is 14.2 Å². The van der Waals surface area contributed by atoms with E-state index in [4.69, 9.17) is 14.2 Å². The van der Waals surface area contributed by atoms with E-state index in [2.05, 4.69) is 57.2 Å². The van der Waals surface area contributed by atoms with Crippen molar-refractivity contribution in [3.63, 3.8) is 0 Å². The second kappa shape index (κ2) is 47.1. The summed E-state index contributed by atoms with van der Waals surface area (Å²) in [5, 5.41) is 0. The molecule has 0 bridgehead atoms. The third-order valence-electron chi connectivity index (χ3n) is 10.6. The molecule has 0 fully saturated rings. The van der Waals surface area contributed by atoms with Crippen LogP contribution >= 0.6 is 0 Å². The number of allylic oxidation sites excluding steroid dienone is 8. The van der Waals surface area contributed by atoms with Crippen molar-refractivity contribution in [3.05, 3.63) is 48.6 Å². The summed E-state index contributed by atoms with van der Waals surface area (Å²) in [6.45, 7) is 6.47. The molecule has 0 saturated carbocycles. The lowest BCUT2D eigenvalue weighted by Gasteiger charge is -2.18. The summed E-state index contributed by atoms with van der Waals surface area (Å²) >= 11 is 0. The summed E-state index contributed by atoms with van der Waals surface area (Å²) in [7, 11) is 0. The Morgan fingerprint density at radius 1 is 0.362 bits per heavy atom. The SMILES string of the molecule is CC/C=C\C/C=C\C/C=C\C/C=C\CCC(=O)OC(COC(=O)CCCCCCCCCCCCCCC)COC(=O)CCCCCCCCCCCCCCCC. The Hall–Kier alpha value is -2.63. The van der Waals surface area contributed by atoms with Gasteiger partial charge in [-0.2, -0.15) is 0 Å². The second-order valence-electron chi connectivity index (χ2n) is 16.4. The van der Waals surface area contributed by atoms with Crippen LogP contribution in [0, 0.1) is 0 Å². The predicted octanol–water partition coefficient (Wildman–Crippen LogP) is 15.9. The van der Waals surface area contributed by atoms with Gasteiger partial charge in [0.15, 0.2) is 6.10 Å². The number of ether oxygens (including phenoxy) is 3. The van der Waals surface area contributed by atoms with Gasteiger partial charge >= 0.3 is 17.9 Å². The van der Waals surface area contributed by atoms with Crippen LogP contribution in [0.5, 0.6) is 0 Å². The highest BCUT2D eigenvalue weighted by atomic mass is 16.6. The maximum Gasteiger partial charge on any atom is 0.306 e. The van der Waals surface area contributed by atoms with E-state index in [1.54, 1.807) is 0 Å². The maximum absolute atomic E-state index is 12.7. The minimum atomic E-state index is -0.805. The molecule has 0 spiro atoms. The van der Waals surface area contributed by atoms with Crippen LogP contribution in [0.3, 0.4) is 0 Å². The lowest BCUT2D eigenvalue weighted by atomic mass is 10.0. The van der Waals surface area contributed by atoms with Gasteiger partial charge in [-0.15, -0.1) is 0 Å². The zero-order chi connectivity index (χ0) is 42.3. The van der Waals surface area contributed by atoms with Gasteiger partial charge in [-0.25, -0.2) is 0 Å². The van der Waals surface area contributed by atoms with Gasteiger partial charge in [0.2, 0.25) is 0 Å². The highest BCUT2D eigenvalue weighted by Crippen LogP contribution is 2.15. The molecule has 0 aliphatic heterocycles. The molecule has 0 aromatic carbocycles. The number of rotatable bonds is 44. The molecule has 6 nitrogen and oxygen atoms in total. The molecule has 0 aliphatic rings. The van der Waals surface area contributed by atoms with Crippen molar-refractivity contribution in [2.75, 3.05) is 13.2 Å². The molecule has 336 valence electrons. The van der Waals surface area contributed by atoms with Crippen molar-refractivity contribution in [1.82, 2.24) is 0 Å². The molecule has 0 amide bonds. The van der Waals surface area contributed by atoms with Crippen molar-refractivity contribution >= 4 is 17.9 Å². The molecule has 0 aromatic heterocycles. The fourth-order valence-corrected chi connectivity index (χ4v) is 6.93. The summed E-state index contributed by atoms with van der Waals surface area (Å²) in [5.74, 6) is -0.973. The Morgan fingerprint density at radius 2 is 0.672 bits per heavy atom. The highest BCUT2D eigenvalue weighted by Gasteiger charge is 2.19. The van der Waals surface area contributed by atoms with Crippen LogP contribution in [0.15, 0.2) is 48.6 Å². The summed E-state index contributed by atoms with van der Waals surface area (Å²) in [6, 6.07) is 0. The van der Waals surface area contributed by atoms with Gasteiger partial charge in [-0.05, 0) is 44.9 Å². The van der Waals surface area contributed by atoms with Gasteiger partial charge in [-0.3, -0.25) is 14.4 Å². The molecule has 1 atom stereocenters. The zero-order valence-electron chi connectivity index (χ0n) is 38.3. The quantitative estimate of drug-likeness (QED) is 0.0264. The third-order valence-corrected chi connectivity index (χ3v) is 10.6. The first-order chi connectivity index (χ1) is 28.5. The van der Waals surface area contributed by atoms with Crippen LogP contribution in [0.25, 0.3) is 0 Å². The molecule has 1 unspecified atom stereocenters. The molecule has 0 radical (unpaired) electrons. The zero-order valence-corrected chi connectivity index (χ0v) is 38.3. The van der Waals surface area contributed by atoms with Crippen LogP contribution < -0.4 is 0 Å². The lowest BCUT2D eigenvalue weighted by Crippen LogP contribution is -2.30. The van der Waals surface area contributed by atoms with Gasteiger partial charge in [0.25, 0.3) is 0 Å². The first kappa shape index (κ1) is 55.4. The van der Waals surface area contributed by atoms with Crippen LogP contribution in [-0.2, 0) is 28.6 Å². The molecule has 0 rings (SSSR count). The first-order valence-electron chi connectivity index (χ1n) is 24.6. The number of carbonyl (C=O) groups excluding carboxylic acids is 3. The largest absolute Gasteiger partial charge is 0.462 e. The fourth-order valence-electron chi connectivity index (χ4n) is 6.93. The lowest BCUT2D eigenvalue weighted by molar-refractivity contribution is -0.166. The highest BCUT2D eigenvalue weighted by molar-refractivity contribution is 5.71. The molecule has 0 aromatic rings. The number of hydrogen-bond donors (Lipinski definition) is 0. The average molecular weight is 813 g/mol. The normalized spacial score (nSPS) is 12.4. The Labute approximate surface area is 358 Å². The van der Waals surface area contributed by atoms with E-state index in [-0.39, 0.29) is 37.5 Å². The van der Waals surface area contributed by atoms with E-state index < -0.39 is 6.10 Å². The van der Waals surface area contributed by atoms with Crippen molar-refractivity contribution in [3.8, 4) is 0 Å². The summed E-state index contributed by atoms with van der Waals surface area (Å²) in [6.07, 6.45) is 55.3. The molecule has 0 aliphatic carbocycles. The van der Waals surface area contributed by atoms with Crippen LogP contribution in [0.1, 0.15) is 245 Å². The Kier molecular flexibility index (Phi) is 44.9. The molecule has 0 saturated heterocycles. The minimum absolute atomic E-state index is 0.0980. The fraction of sp³-hybridized carbons (Fsp3) is 0.788. The molecular weight excluding hydrogens is 721 g/mol. The number of carbonyl (C=O) groups is 3. The number of hydrogen-bond acceptors (Lipinski definition) is 6. The first-order valence-corrected chi connectivity index (χ1v) is 24.6. The molecule has 6 heteroatoms. The number of unbranched alkanes of at least 4 members (excludes halogenated alkanes) is 25. The van der Waals surface area contributed by atoms with E-state index >= 15 is 0 Å². The van der Waals surface area contributed by atoms with Gasteiger partial charge in [-0.1, -0.05) is 230 Å².